The molecule has 18 heavy (non-hydrogen) atoms. The monoisotopic (exact) mass is 327 g/mol. The predicted octanol–water partition coefficient (Wildman–Crippen LogP) is 3.18. The molecule has 0 N–H and O–H groups in total. The van der Waals surface area contributed by atoms with Gasteiger partial charge in [0.2, 0.25) is 0 Å². The Hall–Kier alpha value is -1.01. The molecule has 6 heteroatoms. The van der Waals surface area contributed by atoms with E-state index in [1.54, 1.807) is 0 Å². The van der Waals surface area contributed by atoms with Gasteiger partial charge in [0.15, 0.2) is 5.78 Å². The van der Waals surface area contributed by atoms with Gasteiger partial charge in [-0.15, -0.1) is 11.3 Å². The fourth-order valence-corrected chi connectivity index (χ4v) is 2.94. The molecule has 0 fully saturated rings. The molecule has 0 aliphatic heterocycles. The summed E-state index contributed by atoms with van der Waals surface area (Å²) in [6.07, 6.45) is 1.81. The van der Waals surface area contributed by atoms with Crippen LogP contribution in [0.4, 0.5) is 0 Å². The lowest BCUT2D eigenvalue weighted by Gasteiger charge is -2.07. The van der Waals surface area contributed by atoms with E-state index in [9.17, 15) is 4.79 Å². The third-order valence-corrected chi connectivity index (χ3v) is 4.07. The number of hydrogen-bond acceptors (Lipinski definition) is 4. The number of thiophene rings is 1. The molecule has 0 saturated heterocycles. The van der Waals surface area contributed by atoms with Crippen LogP contribution < -0.4 is 0 Å². The zero-order chi connectivity index (χ0) is 13.1. The van der Waals surface area contributed by atoms with E-state index < -0.39 is 0 Å². The third kappa shape index (κ3) is 3.26. The summed E-state index contributed by atoms with van der Waals surface area (Å²) >= 11 is 4.81. The normalized spacial score (nSPS) is 11.1. The summed E-state index contributed by atoms with van der Waals surface area (Å²) in [6.45, 7) is 5.02. The molecule has 4 nitrogen and oxygen atoms in total. The summed E-state index contributed by atoms with van der Waals surface area (Å²) in [5, 5.41) is 4.16. The van der Waals surface area contributed by atoms with Gasteiger partial charge in [-0.25, -0.2) is 9.67 Å². The van der Waals surface area contributed by atoms with Crippen molar-refractivity contribution in [3.05, 3.63) is 32.9 Å². The van der Waals surface area contributed by atoms with Gasteiger partial charge in [0.1, 0.15) is 12.2 Å². The number of Topliss-reactive ketones (excluding diaryl/α,β-unsaturated/α-hetero) is 1. The summed E-state index contributed by atoms with van der Waals surface area (Å²) in [5.74, 6) is 1.30. The fourth-order valence-electron chi connectivity index (χ4n) is 1.62. The third-order valence-electron chi connectivity index (χ3n) is 2.40. The molecule has 0 amide bonds. The molecule has 0 aliphatic rings. The Morgan fingerprint density at radius 3 is 2.89 bits per heavy atom. The van der Waals surface area contributed by atoms with Crippen molar-refractivity contribution >= 4 is 33.0 Å². The molecular formula is C12H14BrN3OS. The van der Waals surface area contributed by atoms with Gasteiger partial charge in [-0.1, -0.05) is 13.8 Å². The number of aromatic nitrogens is 3. The molecule has 0 saturated carbocycles. The van der Waals surface area contributed by atoms with Crippen LogP contribution in [0.2, 0.25) is 0 Å². The highest BCUT2D eigenvalue weighted by atomic mass is 79.9. The van der Waals surface area contributed by atoms with E-state index in [1.165, 1.54) is 17.7 Å². The van der Waals surface area contributed by atoms with Gasteiger partial charge in [-0.3, -0.25) is 4.79 Å². The minimum atomic E-state index is 0.0868. The molecule has 96 valence electrons. The molecule has 2 aromatic heterocycles. The number of halogens is 1. The zero-order valence-electron chi connectivity index (χ0n) is 10.3. The Morgan fingerprint density at radius 1 is 1.50 bits per heavy atom. The zero-order valence-corrected chi connectivity index (χ0v) is 12.7. The van der Waals surface area contributed by atoms with Crippen LogP contribution in [0.15, 0.2) is 22.2 Å². The van der Waals surface area contributed by atoms with Crippen LogP contribution in [0.5, 0.6) is 0 Å². The van der Waals surface area contributed by atoms with E-state index in [1.807, 2.05) is 16.8 Å². The molecule has 0 unspecified atom stereocenters. The van der Waals surface area contributed by atoms with Crippen molar-refractivity contribution in [3.8, 4) is 0 Å². The Morgan fingerprint density at radius 2 is 2.28 bits per heavy atom. The smallest absolute Gasteiger partial charge is 0.180 e. The molecule has 2 heterocycles. The van der Waals surface area contributed by atoms with E-state index in [0.717, 1.165) is 21.0 Å². The minimum Gasteiger partial charge on any atom is -0.293 e. The Bertz CT molecular complexity index is 547. The molecule has 0 radical (unpaired) electrons. The van der Waals surface area contributed by atoms with E-state index >= 15 is 0 Å². The Balaban J connectivity index is 2.10. The van der Waals surface area contributed by atoms with Crippen molar-refractivity contribution in [2.75, 3.05) is 0 Å². The lowest BCUT2D eigenvalue weighted by Crippen LogP contribution is -2.13. The van der Waals surface area contributed by atoms with Gasteiger partial charge >= 0.3 is 0 Å². The summed E-state index contributed by atoms with van der Waals surface area (Å²) < 4.78 is 2.78. The van der Waals surface area contributed by atoms with Crippen LogP contribution in [0.25, 0.3) is 0 Å². The number of ketones is 1. The molecule has 2 aromatic rings. The van der Waals surface area contributed by atoms with E-state index in [4.69, 9.17) is 0 Å². The second-order valence-corrected chi connectivity index (χ2v) is 6.92. The first-order valence-corrected chi connectivity index (χ1v) is 7.32. The summed E-state index contributed by atoms with van der Waals surface area (Å²) in [4.78, 5) is 17.0. The van der Waals surface area contributed by atoms with E-state index in [-0.39, 0.29) is 5.78 Å². The number of carbonyl (C=O) groups is 1. The quantitative estimate of drug-likeness (QED) is 0.792. The van der Waals surface area contributed by atoms with E-state index in [0.29, 0.717) is 12.3 Å². The van der Waals surface area contributed by atoms with Gasteiger partial charge in [-0.2, -0.15) is 5.10 Å². The van der Waals surface area contributed by atoms with Crippen LogP contribution in [0, 0.1) is 5.92 Å². The number of nitrogens with zero attached hydrogens (tertiary/aromatic N) is 3. The maximum Gasteiger partial charge on any atom is 0.180 e. The molecule has 0 spiro atoms. The van der Waals surface area contributed by atoms with Crippen molar-refractivity contribution in [1.29, 1.82) is 0 Å². The Kier molecular flexibility index (Phi) is 4.29. The minimum absolute atomic E-state index is 0.0868. The molecular weight excluding hydrogens is 314 g/mol. The first-order valence-electron chi connectivity index (χ1n) is 5.71. The number of carbonyl (C=O) groups excluding carboxylic acids is 1. The molecule has 0 bridgehead atoms. The summed E-state index contributed by atoms with van der Waals surface area (Å²) in [7, 11) is 0. The topological polar surface area (TPSA) is 47.8 Å². The van der Waals surface area contributed by atoms with Crippen LogP contribution in [0.1, 0.15) is 29.3 Å². The largest absolute Gasteiger partial charge is 0.293 e. The average Bonchev–Trinajstić information content (AvgIpc) is 2.88. The van der Waals surface area contributed by atoms with Gasteiger partial charge in [0, 0.05) is 6.54 Å². The lowest BCUT2D eigenvalue weighted by atomic mass is 10.2. The molecule has 0 aromatic carbocycles. The summed E-state index contributed by atoms with van der Waals surface area (Å²) in [5.41, 5.74) is 0. The predicted molar refractivity (Wildman–Crippen MR) is 74.9 cm³/mol. The molecule has 0 aliphatic carbocycles. The number of hydrogen-bond donors (Lipinski definition) is 0. The van der Waals surface area contributed by atoms with Crippen molar-refractivity contribution in [1.82, 2.24) is 14.8 Å². The fraction of sp³-hybridized carbons (Fsp3) is 0.417. The van der Waals surface area contributed by atoms with Crippen LogP contribution in [0.3, 0.4) is 0 Å². The van der Waals surface area contributed by atoms with Crippen molar-refractivity contribution < 1.29 is 4.79 Å². The number of rotatable bonds is 5. The van der Waals surface area contributed by atoms with Gasteiger partial charge in [0.25, 0.3) is 0 Å². The standard InChI is InChI=1S/C12H14BrN3OS/c1-8(2)6-16-12(14-7-15-16)5-9(17)10-3-4-11(13)18-10/h3-4,7-8H,5-6H2,1-2H3. The summed E-state index contributed by atoms with van der Waals surface area (Å²) in [6, 6.07) is 3.72. The van der Waals surface area contributed by atoms with Crippen LogP contribution in [-0.4, -0.2) is 20.5 Å². The van der Waals surface area contributed by atoms with Crippen LogP contribution >= 0.6 is 27.3 Å². The van der Waals surface area contributed by atoms with Gasteiger partial charge in [0.05, 0.1) is 15.1 Å². The SMILES string of the molecule is CC(C)Cn1ncnc1CC(=O)c1ccc(Br)s1. The maximum atomic E-state index is 12.1. The maximum absolute atomic E-state index is 12.1. The Labute approximate surface area is 118 Å². The van der Waals surface area contributed by atoms with Crippen LogP contribution in [-0.2, 0) is 13.0 Å². The molecule has 0 atom stereocenters. The second-order valence-electron chi connectivity index (χ2n) is 4.46. The first kappa shape index (κ1) is 13.4. The van der Waals surface area contributed by atoms with E-state index in [2.05, 4.69) is 39.9 Å². The average molecular weight is 328 g/mol. The van der Waals surface area contributed by atoms with Crippen molar-refractivity contribution in [2.24, 2.45) is 5.92 Å². The van der Waals surface area contributed by atoms with Gasteiger partial charge < -0.3 is 0 Å². The van der Waals surface area contributed by atoms with Crippen molar-refractivity contribution in [2.45, 2.75) is 26.8 Å². The highest BCUT2D eigenvalue weighted by molar-refractivity contribution is 9.11. The van der Waals surface area contributed by atoms with Crippen molar-refractivity contribution in [3.63, 3.8) is 0 Å². The lowest BCUT2D eigenvalue weighted by molar-refractivity contribution is 0.0993. The first-order chi connectivity index (χ1) is 8.56. The highest BCUT2D eigenvalue weighted by Crippen LogP contribution is 2.23. The second kappa shape index (κ2) is 5.75. The molecule has 2 rings (SSSR count). The van der Waals surface area contributed by atoms with Gasteiger partial charge in [-0.05, 0) is 34.0 Å². The highest BCUT2D eigenvalue weighted by Gasteiger charge is 2.14.